The standard InChI is InChI=1S/C23H11F2N3O5/c24-15-4-3-12(28(30)31)8-11(15)10-27-17-9-16(25)13-5-7-32-21(13)19(17)18-14-2-1-6-26-22(14)33-23(29)20(18)27/h1-9H,10H2. The van der Waals surface area contributed by atoms with Crippen LogP contribution in [0.1, 0.15) is 5.56 Å². The molecular formula is C23H11F2N3O5. The first-order valence-electron chi connectivity index (χ1n) is 9.76. The van der Waals surface area contributed by atoms with Gasteiger partial charge in [-0.05, 0) is 30.3 Å². The Balaban J connectivity index is 1.80. The molecule has 6 rings (SSSR count). The second kappa shape index (κ2) is 6.70. The Hall–Kier alpha value is -4.60. The minimum Gasteiger partial charge on any atom is -0.463 e. The molecule has 10 heteroatoms. The van der Waals surface area contributed by atoms with Crippen LogP contribution in [0.3, 0.4) is 0 Å². The van der Waals surface area contributed by atoms with E-state index in [-0.39, 0.29) is 45.5 Å². The molecule has 0 radical (unpaired) electrons. The molecule has 0 amide bonds. The number of nitro benzene ring substituents is 1. The lowest BCUT2D eigenvalue weighted by Crippen LogP contribution is -2.10. The lowest BCUT2D eigenvalue weighted by Gasteiger charge is -2.08. The van der Waals surface area contributed by atoms with Crippen LogP contribution in [0.4, 0.5) is 14.5 Å². The normalized spacial score (nSPS) is 11.8. The fourth-order valence-electron chi connectivity index (χ4n) is 4.31. The molecule has 6 aromatic rings. The summed E-state index contributed by atoms with van der Waals surface area (Å²) in [4.78, 5) is 27.7. The number of nitrogens with zero attached hydrogens (tertiary/aromatic N) is 3. The van der Waals surface area contributed by atoms with Crippen LogP contribution in [0.2, 0.25) is 0 Å². The molecule has 33 heavy (non-hydrogen) atoms. The van der Waals surface area contributed by atoms with E-state index in [1.54, 1.807) is 12.1 Å². The van der Waals surface area contributed by atoms with Crippen LogP contribution in [0.25, 0.3) is 43.9 Å². The molecule has 0 aliphatic heterocycles. The highest BCUT2D eigenvalue weighted by molar-refractivity contribution is 6.25. The number of nitro groups is 1. The summed E-state index contributed by atoms with van der Waals surface area (Å²) < 4.78 is 41.9. The van der Waals surface area contributed by atoms with Gasteiger partial charge < -0.3 is 13.4 Å². The van der Waals surface area contributed by atoms with Crippen molar-refractivity contribution in [3.8, 4) is 0 Å². The van der Waals surface area contributed by atoms with Crippen molar-refractivity contribution in [1.29, 1.82) is 0 Å². The van der Waals surface area contributed by atoms with Crippen LogP contribution < -0.4 is 5.63 Å². The van der Waals surface area contributed by atoms with Crippen molar-refractivity contribution < 1.29 is 22.5 Å². The van der Waals surface area contributed by atoms with Gasteiger partial charge in [0.2, 0.25) is 5.71 Å². The van der Waals surface area contributed by atoms with Crippen molar-refractivity contribution in [3.05, 3.63) is 92.7 Å². The average Bonchev–Trinajstić information content (AvgIpc) is 3.39. The van der Waals surface area contributed by atoms with E-state index in [2.05, 4.69) is 4.98 Å². The summed E-state index contributed by atoms with van der Waals surface area (Å²) in [5.74, 6) is -1.30. The SMILES string of the molecule is O=c1oc2ncccc2c2c3c4occc4c(F)cc3n(Cc3cc([N+](=O)[O-])ccc3F)c12. The van der Waals surface area contributed by atoms with E-state index in [0.29, 0.717) is 16.2 Å². The average molecular weight is 447 g/mol. The number of hydrogen-bond acceptors (Lipinski definition) is 6. The van der Waals surface area contributed by atoms with Crippen LogP contribution in [-0.4, -0.2) is 14.5 Å². The zero-order valence-electron chi connectivity index (χ0n) is 16.5. The third kappa shape index (κ3) is 2.67. The summed E-state index contributed by atoms with van der Waals surface area (Å²) in [7, 11) is 0. The number of hydrogen-bond donors (Lipinski definition) is 0. The molecule has 0 saturated heterocycles. The van der Waals surface area contributed by atoms with Crippen LogP contribution >= 0.6 is 0 Å². The van der Waals surface area contributed by atoms with Crippen molar-refractivity contribution >= 4 is 49.6 Å². The Kier molecular flexibility index (Phi) is 3.88. The Bertz CT molecular complexity index is 1830. The Morgan fingerprint density at radius 1 is 1.06 bits per heavy atom. The lowest BCUT2D eigenvalue weighted by molar-refractivity contribution is -0.385. The number of halogens is 2. The second-order valence-corrected chi connectivity index (χ2v) is 7.50. The zero-order chi connectivity index (χ0) is 22.9. The highest BCUT2D eigenvalue weighted by atomic mass is 19.1. The van der Waals surface area contributed by atoms with E-state index in [1.807, 2.05) is 0 Å². The molecule has 4 heterocycles. The Labute approximate surface area is 181 Å². The smallest absolute Gasteiger partial charge is 0.362 e. The van der Waals surface area contributed by atoms with Crippen molar-refractivity contribution in [1.82, 2.24) is 9.55 Å². The van der Waals surface area contributed by atoms with Crippen molar-refractivity contribution in [2.24, 2.45) is 0 Å². The molecule has 4 aromatic heterocycles. The molecule has 0 fully saturated rings. The predicted octanol–water partition coefficient (Wildman–Crippen LogP) is 5.28. The number of rotatable bonds is 3. The molecule has 162 valence electrons. The molecule has 0 spiro atoms. The van der Waals surface area contributed by atoms with E-state index in [9.17, 15) is 23.7 Å². The third-order valence-corrected chi connectivity index (χ3v) is 5.71. The van der Waals surface area contributed by atoms with Crippen LogP contribution in [-0.2, 0) is 6.54 Å². The highest BCUT2D eigenvalue weighted by Crippen LogP contribution is 2.39. The fourth-order valence-corrected chi connectivity index (χ4v) is 4.31. The van der Waals surface area contributed by atoms with Crippen molar-refractivity contribution in [2.45, 2.75) is 6.54 Å². The van der Waals surface area contributed by atoms with Crippen LogP contribution in [0.15, 0.2) is 68.6 Å². The fraction of sp³-hybridized carbons (Fsp3) is 0.0435. The van der Waals surface area contributed by atoms with Gasteiger partial charge in [-0.15, -0.1) is 0 Å². The van der Waals surface area contributed by atoms with Gasteiger partial charge in [0.25, 0.3) is 5.69 Å². The molecule has 0 atom stereocenters. The summed E-state index contributed by atoms with van der Waals surface area (Å²) in [5, 5.41) is 12.7. The number of fused-ring (bicyclic) bond motifs is 7. The number of non-ortho nitro benzene ring substituents is 1. The molecule has 8 nitrogen and oxygen atoms in total. The number of furan rings is 1. The maximum absolute atomic E-state index is 14.9. The molecular weight excluding hydrogens is 436 g/mol. The predicted molar refractivity (Wildman–Crippen MR) is 115 cm³/mol. The van der Waals surface area contributed by atoms with Crippen LogP contribution in [0, 0.1) is 21.7 Å². The molecule has 0 N–H and O–H groups in total. The van der Waals surface area contributed by atoms with E-state index in [4.69, 9.17) is 8.83 Å². The van der Waals surface area contributed by atoms with Gasteiger partial charge in [-0.3, -0.25) is 10.1 Å². The summed E-state index contributed by atoms with van der Waals surface area (Å²) in [6.07, 6.45) is 2.80. The summed E-state index contributed by atoms with van der Waals surface area (Å²) in [5.41, 5.74) is -0.539. The molecule has 0 saturated carbocycles. The largest absolute Gasteiger partial charge is 0.463 e. The first-order chi connectivity index (χ1) is 15.9. The monoisotopic (exact) mass is 447 g/mol. The van der Waals surface area contributed by atoms with E-state index >= 15 is 0 Å². The van der Waals surface area contributed by atoms with E-state index < -0.39 is 22.2 Å². The molecule has 0 unspecified atom stereocenters. The van der Waals surface area contributed by atoms with Gasteiger partial charge in [-0.2, -0.15) is 0 Å². The number of pyridine rings is 1. The maximum atomic E-state index is 14.9. The minimum atomic E-state index is -0.765. The first-order valence-corrected chi connectivity index (χ1v) is 9.76. The van der Waals surface area contributed by atoms with E-state index in [1.165, 1.54) is 29.2 Å². The van der Waals surface area contributed by atoms with Crippen molar-refractivity contribution in [2.75, 3.05) is 0 Å². The molecule has 0 aliphatic carbocycles. The molecule has 0 aliphatic rings. The first kappa shape index (κ1) is 19.1. The third-order valence-electron chi connectivity index (χ3n) is 5.71. The van der Waals surface area contributed by atoms with Gasteiger partial charge in [0.05, 0.1) is 34.0 Å². The summed E-state index contributed by atoms with van der Waals surface area (Å²) in [6.45, 7) is -0.282. The van der Waals surface area contributed by atoms with Gasteiger partial charge >= 0.3 is 5.63 Å². The van der Waals surface area contributed by atoms with Gasteiger partial charge in [0.15, 0.2) is 0 Å². The van der Waals surface area contributed by atoms with Gasteiger partial charge in [-0.25, -0.2) is 18.6 Å². The van der Waals surface area contributed by atoms with Gasteiger partial charge in [0.1, 0.15) is 22.7 Å². The molecule has 0 bridgehead atoms. The number of benzene rings is 2. The highest BCUT2D eigenvalue weighted by Gasteiger charge is 2.24. The van der Waals surface area contributed by atoms with Gasteiger partial charge in [0, 0.05) is 34.7 Å². The maximum Gasteiger partial charge on any atom is 0.362 e. The minimum absolute atomic E-state index is 0.0414. The molecule has 2 aromatic carbocycles. The quantitative estimate of drug-likeness (QED) is 0.270. The summed E-state index contributed by atoms with van der Waals surface area (Å²) in [6, 6.07) is 9.17. The van der Waals surface area contributed by atoms with Gasteiger partial charge in [-0.1, -0.05) is 0 Å². The number of aromatic nitrogens is 2. The lowest BCUT2D eigenvalue weighted by atomic mass is 10.1. The Morgan fingerprint density at radius 3 is 2.73 bits per heavy atom. The van der Waals surface area contributed by atoms with Crippen molar-refractivity contribution in [3.63, 3.8) is 0 Å². The Morgan fingerprint density at radius 2 is 1.91 bits per heavy atom. The second-order valence-electron chi connectivity index (χ2n) is 7.50. The zero-order valence-corrected chi connectivity index (χ0v) is 16.5. The summed E-state index contributed by atoms with van der Waals surface area (Å²) >= 11 is 0. The van der Waals surface area contributed by atoms with Crippen LogP contribution in [0.5, 0.6) is 0 Å². The topological polar surface area (TPSA) is 104 Å². The van der Waals surface area contributed by atoms with E-state index in [0.717, 1.165) is 18.2 Å².